The van der Waals surface area contributed by atoms with Crippen LogP contribution in [0.4, 0.5) is 0 Å². The molecule has 0 aliphatic rings. The third kappa shape index (κ3) is 3.62. The highest BCUT2D eigenvalue weighted by atomic mass is 35.5. The molecule has 0 amide bonds. The summed E-state index contributed by atoms with van der Waals surface area (Å²) in [6, 6.07) is 4.71. The zero-order chi connectivity index (χ0) is 18.0. The van der Waals surface area contributed by atoms with Crippen molar-refractivity contribution in [3.63, 3.8) is 0 Å². The Morgan fingerprint density at radius 3 is 2.72 bits per heavy atom. The average molecular weight is 376 g/mol. The van der Waals surface area contributed by atoms with E-state index >= 15 is 0 Å². The van der Waals surface area contributed by atoms with Crippen LogP contribution in [-0.2, 0) is 4.74 Å². The molecule has 6 nitrogen and oxygen atoms in total. The summed E-state index contributed by atoms with van der Waals surface area (Å²) in [6.45, 7) is 3.37. The first kappa shape index (κ1) is 17.3. The molecule has 0 radical (unpaired) electrons. The van der Waals surface area contributed by atoms with Crippen LogP contribution in [0.5, 0.6) is 0 Å². The van der Waals surface area contributed by atoms with E-state index in [1.807, 2.05) is 23.8 Å². The monoisotopic (exact) mass is 375 g/mol. The summed E-state index contributed by atoms with van der Waals surface area (Å²) < 4.78 is 6.96. The number of hydrogen-bond donors (Lipinski definition) is 0. The smallest absolute Gasteiger partial charge is 0.357 e. The van der Waals surface area contributed by atoms with Gasteiger partial charge < -0.3 is 4.74 Å². The van der Waals surface area contributed by atoms with Gasteiger partial charge in [-0.2, -0.15) is 0 Å². The molecule has 25 heavy (non-hydrogen) atoms. The number of ether oxygens (including phenoxy) is 1. The van der Waals surface area contributed by atoms with Gasteiger partial charge >= 0.3 is 5.97 Å². The zero-order valence-corrected chi connectivity index (χ0v) is 15.1. The first-order valence-electron chi connectivity index (χ1n) is 7.38. The zero-order valence-electron chi connectivity index (χ0n) is 13.5. The molecule has 128 valence electrons. The summed E-state index contributed by atoms with van der Waals surface area (Å²) in [5, 5.41) is 3.03. The lowest BCUT2D eigenvalue weighted by Gasteiger charge is -2.06. The number of thiazole rings is 1. The number of rotatable bonds is 5. The van der Waals surface area contributed by atoms with Crippen LogP contribution in [-0.4, -0.2) is 32.9 Å². The highest BCUT2D eigenvalue weighted by Gasteiger charge is 2.19. The van der Waals surface area contributed by atoms with Gasteiger partial charge in [-0.3, -0.25) is 9.36 Å². The van der Waals surface area contributed by atoms with Crippen LogP contribution in [0.1, 0.15) is 32.2 Å². The fourth-order valence-electron chi connectivity index (χ4n) is 2.46. The first-order chi connectivity index (χ1) is 12.0. The summed E-state index contributed by atoms with van der Waals surface area (Å²) in [4.78, 5) is 32.6. The third-order valence-electron chi connectivity index (χ3n) is 3.61. The number of nitrogens with zero attached hydrogens (tertiary/aromatic N) is 3. The number of aryl methyl sites for hydroxylation is 1. The van der Waals surface area contributed by atoms with E-state index in [9.17, 15) is 9.59 Å². The van der Waals surface area contributed by atoms with Crippen molar-refractivity contribution in [3.05, 3.63) is 63.6 Å². The van der Waals surface area contributed by atoms with Gasteiger partial charge in [0.2, 0.25) is 5.78 Å². The summed E-state index contributed by atoms with van der Waals surface area (Å²) >= 11 is 7.30. The maximum Gasteiger partial charge on any atom is 0.357 e. The molecule has 0 aromatic carbocycles. The number of Topliss-reactive ketones (excluding diaryl/α,β-unsaturated/α-hetero) is 1. The first-order valence-corrected chi connectivity index (χ1v) is 8.64. The van der Waals surface area contributed by atoms with Crippen LogP contribution in [0.15, 0.2) is 36.0 Å². The lowest BCUT2D eigenvalue weighted by Crippen LogP contribution is -2.15. The van der Waals surface area contributed by atoms with Gasteiger partial charge in [0.1, 0.15) is 5.69 Å². The SMILES string of the molecule is Cc1cc(C(=O)COC(=O)c2cc(Cl)ccn2)c(C)n1-c1nccs1. The van der Waals surface area contributed by atoms with Crippen molar-refractivity contribution in [1.82, 2.24) is 14.5 Å². The van der Waals surface area contributed by atoms with Gasteiger partial charge in [0.05, 0.1) is 0 Å². The minimum Gasteiger partial charge on any atom is -0.453 e. The molecule has 0 unspecified atom stereocenters. The molecule has 0 aliphatic heterocycles. The van der Waals surface area contributed by atoms with E-state index in [4.69, 9.17) is 16.3 Å². The quantitative estimate of drug-likeness (QED) is 0.502. The van der Waals surface area contributed by atoms with Crippen molar-refractivity contribution in [2.24, 2.45) is 0 Å². The van der Waals surface area contributed by atoms with E-state index in [2.05, 4.69) is 9.97 Å². The summed E-state index contributed by atoms with van der Waals surface area (Å²) in [5.41, 5.74) is 2.21. The average Bonchev–Trinajstić information content (AvgIpc) is 3.20. The molecular formula is C17H14ClN3O3S. The number of ketones is 1. The Labute approximate surface area is 153 Å². The van der Waals surface area contributed by atoms with E-state index in [1.54, 1.807) is 18.3 Å². The predicted molar refractivity (Wildman–Crippen MR) is 94.8 cm³/mol. The van der Waals surface area contributed by atoms with Gasteiger partial charge in [0, 0.05) is 39.7 Å². The highest BCUT2D eigenvalue weighted by molar-refractivity contribution is 7.12. The number of carbonyl (C=O) groups is 2. The maximum absolute atomic E-state index is 12.4. The van der Waals surface area contributed by atoms with E-state index in [1.165, 1.54) is 23.6 Å². The Balaban J connectivity index is 1.74. The molecule has 0 bridgehead atoms. The Morgan fingerprint density at radius 2 is 2.04 bits per heavy atom. The van der Waals surface area contributed by atoms with Gasteiger partial charge in [-0.25, -0.2) is 14.8 Å². The van der Waals surface area contributed by atoms with Gasteiger partial charge in [-0.1, -0.05) is 11.6 Å². The summed E-state index contributed by atoms with van der Waals surface area (Å²) in [5.74, 6) is -0.976. The number of halogens is 1. The number of carbonyl (C=O) groups excluding carboxylic acids is 2. The number of aromatic nitrogens is 3. The molecule has 0 saturated carbocycles. The Kier molecular flexibility index (Phi) is 4.96. The molecule has 3 rings (SSSR count). The maximum atomic E-state index is 12.4. The Hall–Kier alpha value is -2.51. The Morgan fingerprint density at radius 1 is 1.24 bits per heavy atom. The van der Waals surface area contributed by atoms with Crippen molar-refractivity contribution < 1.29 is 14.3 Å². The molecule has 0 spiro atoms. The van der Waals surface area contributed by atoms with Crippen LogP contribution in [0, 0.1) is 13.8 Å². The predicted octanol–water partition coefficient (Wildman–Crippen LogP) is 3.64. The minimum atomic E-state index is -0.690. The number of esters is 1. The largest absolute Gasteiger partial charge is 0.453 e. The van der Waals surface area contributed by atoms with Gasteiger partial charge in [0.25, 0.3) is 0 Å². The van der Waals surface area contributed by atoms with E-state index in [0.717, 1.165) is 16.5 Å². The minimum absolute atomic E-state index is 0.0635. The second-order valence-corrected chi connectivity index (χ2v) is 6.60. The van der Waals surface area contributed by atoms with Crippen LogP contribution in [0.3, 0.4) is 0 Å². The normalized spacial score (nSPS) is 10.7. The van der Waals surface area contributed by atoms with Gasteiger partial charge in [-0.15, -0.1) is 11.3 Å². The molecule has 8 heteroatoms. The molecular weight excluding hydrogens is 362 g/mol. The lowest BCUT2D eigenvalue weighted by molar-refractivity contribution is 0.0468. The molecule has 3 aromatic rings. The van der Waals surface area contributed by atoms with Crippen LogP contribution < -0.4 is 0 Å². The number of hydrogen-bond acceptors (Lipinski definition) is 6. The fourth-order valence-corrected chi connectivity index (χ4v) is 3.38. The number of pyridine rings is 1. The topological polar surface area (TPSA) is 74.1 Å². The van der Waals surface area contributed by atoms with Crippen molar-refractivity contribution in [2.75, 3.05) is 6.61 Å². The van der Waals surface area contributed by atoms with Crippen LogP contribution in [0.2, 0.25) is 5.02 Å². The van der Waals surface area contributed by atoms with Crippen molar-refractivity contribution in [1.29, 1.82) is 0 Å². The van der Waals surface area contributed by atoms with Crippen molar-refractivity contribution >= 4 is 34.7 Å². The molecule has 3 heterocycles. The molecule has 0 N–H and O–H groups in total. The molecule has 0 atom stereocenters. The van der Waals surface area contributed by atoms with Crippen molar-refractivity contribution in [3.8, 4) is 5.13 Å². The second kappa shape index (κ2) is 7.16. The van der Waals surface area contributed by atoms with Gasteiger partial charge in [-0.05, 0) is 32.0 Å². The molecule has 0 saturated heterocycles. The molecule has 3 aromatic heterocycles. The van der Waals surface area contributed by atoms with Crippen LogP contribution >= 0.6 is 22.9 Å². The summed E-state index contributed by atoms with van der Waals surface area (Å²) in [7, 11) is 0. The molecule has 0 fully saturated rings. The Bertz CT molecular complexity index is 935. The summed E-state index contributed by atoms with van der Waals surface area (Å²) in [6.07, 6.45) is 3.11. The third-order valence-corrected chi connectivity index (χ3v) is 4.60. The molecule has 0 aliphatic carbocycles. The second-order valence-electron chi connectivity index (χ2n) is 5.29. The van der Waals surface area contributed by atoms with Crippen molar-refractivity contribution in [2.45, 2.75) is 13.8 Å². The fraction of sp³-hybridized carbons (Fsp3) is 0.176. The standard InChI is InChI=1S/C17H14ClN3O3S/c1-10-7-13(11(2)21(10)17-20-5-6-25-17)15(22)9-24-16(23)14-8-12(18)3-4-19-14/h3-8H,9H2,1-2H3. The van der Waals surface area contributed by atoms with E-state index in [0.29, 0.717) is 10.6 Å². The van der Waals surface area contributed by atoms with Crippen LogP contribution in [0.25, 0.3) is 5.13 Å². The lowest BCUT2D eigenvalue weighted by atomic mass is 10.1. The van der Waals surface area contributed by atoms with Gasteiger partial charge in [0.15, 0.2) is 11.7 Å². The highest BCUT2D eigenvalue weighted by Crippen LogP contribution is 2.22. The van der Waals surface area contributed by atoms with E-state index in [-0.39, 0.29) is 18.1 Å². The van der Waals surface area contributed by atoms with E-state index < -0.39 is 5.97 Å².